The van der Waals surface area contributed by atoms with Crippen molar-refractivity contribution < 1.29 is 14.7 Å². The molecular weight excluding hydrogens is 326 g/mol. The van der Waals surface area contributed by atoms with Crippen LogP contribution in [0.3, 0.4) is 0 Å². The van der Waals surface area contributed by atoms with E-state index in [1.165, 1.54) is 19.3 Å². The van der Waals surface area contributed by atoms with E-state index in [2.05, 4.69) is 19.9 Å². The van der Waals surface area contributed by atoms with Crippen LogP contribution in [0.5, 0.6) is 0 Å². The zero-order valence-corrected chi connectivity index (χ0v) is 16.6. The van der Waals surface area contributed by atoms with Crippen LogP contribution in [0.1, 0.15) is 59.3 Å². The van der Waals surface area contributed by atoms with Crippen LogP contribution >= 0.6 is 0 Å². The number of carbonyl (C=O) groups excluding carboxylic acids is 1. The van der Waals surface area contributed by atoms with Crippen molar-refractivity contribution in [2.45, 2.75) is 65.3 Å². The summed E-state index contributed by atoms with van der Waals surface area (Å²) in [5, 5.41) is 9.58. The van der Waals surface area contributed by atoms with Gasteiger partial charge in [0.05, 0.1) is 5.92 Å². The second-order valence-corrected chi connectivity index (χ2v) is 9.97. The third kappa shape index (κ3) is 2.26. The first-order valence-electron chi connectivity index (χ1n) is 10.4. The average Bonchev–Trinajstić information content (AvgIpc) is 2.95. The van der Waals surface area contributed by atoms with Crippen molar-refractivity contribution >= 4 is 11.9 Å². The predicted octanol–water partition coefficient (Wildman–Crippen LogP) is 3.96. The molecule has 1 amide bonds. The van der Waals surface area contributed by atoms with Crippen LogP contribution in [0.4, 0.5) is 0 Å². The third-order valence-corrected chi connectivity index (χ3v) is 9.19. The number of hydrogen-bond acceptors (Lipinski definition) is 2. The molecule has 0 spiro atoms. The molecule has 3 fully saturated rings. The summed E-state index contributed by atoms with van der Waals surface area (Å²) in [6.07, 6.45) is 10.8. The molecule has 4 nitrogen and oxygen atoms in total. The van der Waals surface area contributed by atoms with Gasteiger partial charge >= 0.3 is 5.97 Å². The van der Waals surface area contributed by atoms with Crippen molar-refractivity contribution in [1.29, 1.82) is 0 Å². The molecule has 26 heavy (non-hydrogen) atoms. The molecule has 8 atom stereocenters. The molecule has 0 radical (unpaired) electrons. The Hall–Kier alpha value is -1.32. The molecule has 1 heterocycles. The van der Waals surface area contributed by atoms with Gasteiger partial charge in [-0.15, -0.1) is 0 Å². The molecule has 0 aromatic rings. The Morgan fingerprint density at radius 1 is 1.19 bits per heavy atom. The zero-order chi connectivity index (χ0) is 18.9. The van der Waals surface area contributed by atoms with Crippen LogP contribution in [0, 0.1) is 40.4 Å². The molecule has 8 unspecified atom stereocenters. The van der Waals surface area contributed by atoms with Crippen molar-refractivity contribution in [3.05, 3.63) is 12.2 Å². The van der Waals surface area contributed by atoms with Crippen molar-refractivity contribution in [1.82, 2.24) is 4.90 Å². The summed E-state index contributed by atoms with van der Waals surface area (Å²) in [6.45, 7) is 6.66. The van der Waals surface area contributed by atoms with Crippen LogP contribution in [0.15, 0.2) is 12.2 Å². The number of aliphatic carboxylic acids is 1. The topological polar surface area (TPSA) is 57.6 Å². The fourth-order valence-electron chi connectivity index (χ4n) is 7.77. The van der Waals surface area contributed by atoms with Gasteiger partial charge in [0.1, 0.15) is 0 Å². The smallest absolute Gasteiger partial charge is 0.306 e. The van der Waals surface area contributed by atoms with Crippen molar-refractivity contribution in [2.24, 2.45) is 40.4 Å². The standard InChI is InChI=1S/C22H33NO3/c1-13(20(25)26)15-6-7-16-14-5-8-18-22(3,12-10-19(24)23(18)4)17(14)9-11-21(15,16)2/h10,12-18H,5-9,11H2,1-4H3,(H,25,26). The monoisotopic (exact) mass is 359 g/mol. The largest absolute Gasteiger partial charge is 0.481 e. The quantitative estimate of drug-likeness (QED) is 0.812. The van der Waals surface area contributed by atoms with E-state index in [4.69, 9.17) is 0 Å². The average molecular weight is 360 g/mol. The minimum Gasteiger partial charge on any atom is -0.481 e. The molecule has 4 rings (SSSR count). The molecule has 3 saturated carbocycles. The van der Waals surface area contributed by atoms with E-state index in [1.807, 2.05) is 18.9 Å². The van der Waals surface area contributed by atoms with Gasteiger partial charge in [-0.25, -0.2) is 0 Å². The molecule has 1 N–H and O–H groups in total. The molecule has 0 aromatic heterocycles. The molecule has 1 aliphatic heterocycles. The van der Waals surface area contributed by atoms with Gasteiger partial charge in [0.15, 0.2) is 0 Å². The molecule has 3 aliphatic carbocycles. The minimum atomic E-state index is -0.634. The number of fused-ring (bicyclic) bond motifs is 5. The minimum absolute atomic E-state index is 0.0728. The van der Waals surface area contributed by atoms with E-state index < -0.39 is 5.97 Å². The lowest BCUT2D eigenvalue weighted by molar-refractivity contribution is -0.147. The van der Waals surface area contributed by atoms with Gasteiger partial charge in [-0.1, -0.05) is 26.8 Å². The Kier molecular flexibility index (Phi) is 4.06. The summed E-state index contributed by atoms with van der Waals surface area (Å²) in [5.41, 5.74) is 0.242. The Labute approximate surface area is 157 Å². The first kappa shape index (κ1) is 18.1. The predicted molar refractivity (Wildman–Crippen MR) is 100 cm³/mol. The van der Waals surface area contributed by atoms with Gasteiger partial charge in [0.25, 0.3) is 0 Å². The lowest BCUT2D eigenvalue weighted by Gasteiger charge is -2.60. The summed E-state index contributed by atoms with van der Waals surface area (Å²) in [4.78, 5) is 25.8. The molecule has 4 aliphatic rings. The molecule has 0 saturated heterocycles. The summed E-state index contributed by atoms with van der Waals surface area (Å²) < 4.78 is 0. The van der Waals surface area contributed by atoms with Crippen LogP contribution in [-0.2, 0) is 9.59 Å². The highest BCUT2D eigenvalue weighted by atomic mass is 16.4. The number of rotatable bonds is 2. The van der Waals surface area contributed by atoms with Crippen molar-refractivity contribution in [3.63, 3.8) is 0 Å². The Morgan fingerprint density at radius 3 is 2.62 bits per heavy atom. The number of carboxylic acid groups (broad SMARTS) is 1. The second kappa shape index (κ2) is 5.84. The van der Waals surface area contributed by atoms with E-state index in [0.29, 0.717) is 29.7 Å². The molecule has 4 heteroatoms. The molecular formula is C22H33NO3. The highest BCUT2D eigenvalue weighted by molar-refractivity contribution is 5.89. The van der Waals surface area contributed by atoms with Crippen LogP contribution in [0.25, 0.3) is 0 Å². The number of carbonyl (C=O) groups is 2. The fourth-order valence-corrected chi connectivity index (χ4v) is 7.77. The Morgan fingerprint density at radius 2 is 1.92 bits per heavy atom. The normalized spacial score (nSPS) is 48.5. The second-order valence-electron chi connectivity index (χ2n) is 9.97. The molecule has 0 bridgehead atoms. The summed E-state index contributed by atoms with van der Waals surface area (Å²) in [7, 11) is 1.96. The maximum atomic E-state index is 12.2. The summed E-state index contributed by atoms with van der Waals surface area (Å²) in [6, 6.07) is 0.320. The van der Waals surface area contributed by atoms with Crippen LogP contribution in [0.2, 0.25) is 0 Å². The van der Waals surface area contributed by atoms with Gasteiger partial charge in [0, 0.05) is 18.5 Å². The highest BCUT2D eigenvalue weighted by Gasteiger charge is 2.61. The van der Waals surface area contributed by atoms with Gasteiger partial charge in [-0.3, -0.25) is 9.59 Å². The van der Waals surface area contributed by atoms with Gasteiger partial charge in [-0.2, -0.15) is 0 Å². The molecule has 0 aromatic carbocycles. The first-order chi connectivity index (χ1) is 12.2. The lowest BCUT2D eigenvalue weighted by atomic mass is 9.47. The van der Waals surface area contributed by atoms with Gasteiger partial charge < -0.3 is 10.0 Å². The van der Waals surface area contributed by atoms with Crippen LogP contribution in [-0.4, -0.2) is 35.0 Å². The van der Waals surface area contributed by atoms with Crippen molar-refractivity contribution in [2.75, 3.05) is 7.05 Å². The Balaban J connectivity index is 1.64. The Bertz CT molecular complexity index is 658. The van der Waals surface area contributed by atoms with E-state index in [9.17, 15) is 14.7 Å². The number of likely N-dealkylation sites (N-methyl/N-ethyl adjacent to an activating group) is 1. The zero-order valence-electron chi connectivity index (χ0n) is 16.6. The van der Waals surface area contributed by atoms with E-state index in [-0.39, 0.29) is 22.7 Å². The highest BCUT2D eigenvalue weighted by Crippen LogP contribution is 2.66. The molecule has 144 valence electrons. The number of carboxylic acids is 1. The maximum absolute atomic E-state index is 12.2. The first-order valence-corrected chi connectivity index (χ1v) is 10.4. The lowest BCUT2D eigenvalue weighted by Crippen LogP contribution is -2.59. The van der Waals surface area contributed by atoms with Gasteiger partial charge in [-0.05, 0) is 73.7 Å². The fraction of sp³-hybridized carbons (Fsp3) is 0.818. The van der Waals surface area contributed by atoms with Crippen LogP contribution < -0.4 is 0 Å². The SMILES string of the molecule is CC(C(=O)O)C1CCC2C3CCC4N(C)C(=O)C=CC4(C)C3CCC12C. The number of nitrogens with zero attached hydrogens (tertiary/aromatic N) is 1. The van der Waals surface area contributed by atoms with Crippen molar-refractivity contribution in [3.8, 4) is 0 Å². The van der Waals surface area contributed by atoms with E-state index >= 15 is 0 Å². The van der Waals surface area contributed by atoms with Gasteiger partial charge in [0.2, 0.25) is 5.91 Å². The number of hydrogen-bond donors (Lipinski definition) is 1. The summed E-state index contributed by atoms with van der Waals surface area (Å²) in [5.74, 6) is 1.50. The van der Waals surface area contributed by atoms with E-state index in [0.717, 1.165) is 19.3 Å². The number of amides is 1. The van der Waals surface area contributed by atoms with E-state index in [1.54, 1.807) is 6.08 Å². The third-order valence-electron chi connectivity index (χ3n) is 9.19. The summed E-state index contributed by atoms with van der Waals surface area (Å²) >= 11 is 0. The maximum Gasteiger partial charge on any atom is 0.306 e.